The number of anilines is 1. The van der Waals surface area contributed by atoms with Crippen LogP contribution in [0.1, 0.15) is 31.7 Å². The van der Waals surface area contributed by atoms with Crippen molar-refractivity contribution in [1.29, 1.82) is 0 Å². The fourth-order valence-corrected chi connectivity index (χ4v) is 4.13. The van der Waals surface area contributed by atoms with E-state index in [-0.39, 0.29) is 6.04 Å². The maximum atomic E-state index is 5.99. The van der Waals surface area contributed by atoms with Crippen molar-refractivity contribution in [2.24, 2.45) is 17.6 Å². The molecule has 1 aliphatic carbocycles. The van der Waals surface area contributed by atoms with Crippen LogP contribution < -0.4 is 10.6 Å². The zero-order chi connectivity index (χ0) is 13.4. The van der Waals surface area contributed by atoms with Gasteiger partial charge in [0.25, 0.3) is 0 Å². The second kappa shape index (κ2) is 5.45. The van der Waals surface area contributed by atoms with E-state index in [4.69, 9.17) is 5.73 Å². The van der Waals surface area contributed by atoms with Crippen LogP contribution in [0.5, 0.6) is 0 Å². The number of nitrogens with two attached hydrogens (primary N) is 1. The molecule has 1 saturated carbocycles. The Balaban J connectivity index is 1.84. The molecule has 1 aromatic carbocycles. The lowest BCUT2D eigenvalue weighted by Crippen LogP contribution is -2.24. The Labute approximate surface area is 124 Å². The highest BCUT2D eigenvalue weighted by atomic mass is 79.9. The van der Waals surface area contributed by atoms with Crippen molar-refractivity contribution < 1.29 is 0 Å². The SMILES string of the molecule is CC(N)Cc1ccc(Br)cc1N1CC2CCCC2C1. The summed E-state index contributed by atoms with van der Waals surface area (Å²) >= 11 is 3.61. The Hall–Kier alpha value is -0.540. The number of hydrogen-bond donors (Lipinski definition) is 1. The molecular weight excluding hydrogens is 300 g/mol. The van der Waals surface area contributed by atoms with Crippen LogP contribution in [0.25, 0.3) is 0 Å². The molecule has 19 heavy (non-hydrogen) atoms. The molecule has 1 aliphatic heterocycles. The molecule has 2 aliphatic rings. The summed E-state index contributed by atoms with van der Waals surface area (Å²) in [5.74, 6) is 1.87. The van der Waals surface area contributed by atoms with Gasteiger partial charge in [-0.1, -0.05) is 28.4 Å². The molecule has 0 bridgehead atoms. The quantitative estimate of drug-likeness (QED) is 0.921. The summed E-state index contributed by atoms with van der Waals surface area (Å²) in [6.45, 7) is 4.57. The number of benzene rings is 1. The van der Waals surface area contributed by atoms with Gasteiger partial charge in [-0.05, 0) is 55.7 Å². The van der Waals surface area contributed by atoms with E-state index in [0.717, 1.165) is 18.3 Å². The van der Waals surface area contributed by atoms with Crippen molar-refractivity contribution in [3.05, 3.63) is 28.2 Å². The van der Waals surface area contributed by atoms with Gasteiger partial charge in [-0.25, -0.2) is 0 Å². The Morgan fingerprint density at radius 1 is 1.32 bits per heavy atom. The molecule has 3 unspecified atom stereocenters. The van der Waals surface area contributed by atoms with Crippen molar-refractivity contribution in [3.8, 4) is 0 Å². The highest BCUT2D eigenvalue weighted by Gasteiger charge is 2.36. The van der Waals surface area contributed by atoms with E-state index in [9.17, 15) is 0 Å². The lowest BCUT2D eigenvalue weighted by atomic mass is 10.0. The standard InChI is InChI=1S/C16H23BrN2/c1-11(18)7-12-5-6-15(17)8-16(12)19-9-13-3-2-4-14(13)10-19/h5-6,8,11,13-14H,2-4,7,9-10,18H2,1H3. The third-order valence-electron chi connectivity index (χ3n) is 4.66. The first-order valence-electron chi connectivity index (χ1n) is 7.42. The van der Waals surface area contributed by atoms with E-state index >= 15 is 0 Å². The Morgan fingerprint density at radius 3 is 2.63 bits per heavy atom. The largest absolute Gasteiger partial charge is 0.371 e. The zero-order valence-corrected chi connectivity index (χ0v) is 13.2. The maximum absolute atomic E-state index is 5.99. The second-order valence-electron chi connectivity index (χ2n) is 6.31. The molecule has 0 spiro atoms. The molecule has 3 heteroatoms. The van der Waals surface area contributed by atoms with Gasteiger partial charge in [0.05, 0.1) is 0 Å². The summed E-state index contributed by atoms with van der Waals surface area (Å²) in [5.41, 5.74) is 8.80. The molecule has 1 aromatic rings. The normalized spacial score (nSPS) is 27.6. The summed E-state index contributed by atoms with van der Waals surface area (Å²) in [4.78, 5) is 2.59. The molecular formula is C16H23BrN2. The van der Waals surface area contributed by atoms with Gasteiger partial charge < -0.3 is 10.6 Å². The average molecular weight is 323 g/mol. The van der Waals surface area contributed by atoms with Crippen LogP contribution >= 0.6 is 15.9 Å². The lowest BCUT2D eigenvalue weighted by molar-refractivity contribution is 0.494. The number of rotatable bonds is 3. The summed E-state index contributed by atoms with van der Waals surface area (Å²) in [7, 11) is 0. The van der Waals surface area contributed by atoms with Crippen LogP contribution in [0.3, 0.4) is 0 Å². The molecule has 2 fully saturated rings. The third-order valence-corrected chi connectivity index (χ3v) is 5.15. The molecule has 1 saturated heterocycles. The predicted octanol–water partition coefficient (Wildman–Crippen LogP) is 3.58. The monoisotopic (exact) mass is 322 g/mol. The minimum absolute atomic E-state index is 0.224. The van der Waals surface area contributed by atoms with Crippen molar-refractivity contribution >= 4 is 21.6 Å². The summed E-state index contributed by atoms with van der Waals surface area (Å²) < 4.78 is 1.17. The van der Waals surface area contributed by atoms with E-state index < -0.39 is 0 Å². The topological polar surface area (TPSA) is 29.3 Å². The van der Waals surface area contributed by atoms with Gasteiger partial charge in [0.1, 0.15) is 0 Å². The average Bonchev–Trinajstić information content (AvgIpc) is 2.91. The zero-order valence-electron chi connectivity index (χ0n) is 11.6. The van der Waals surface area contributed by atoms with E-state index in [1.54, 1.807) is 0 Å². The van der Waals surface area contributed by atoms with Gasteiger partial charge in [-0.3, -0.25) is 0 Å². The first kappa shape index (κ1) is 13.4. The van der Waals surface area contributed by atoms with Crippen LogP contribution in [-0.2, 0) is 6.42 Å². The van der Waals surface area contributed by atoms with Gasteiger partial charge >= 0.3 is 0 Å². The molecule has 0 radical (unpaired) electrons. The minimum atomic E-state index is 0.224. The highest BCUT2D eigenvalue weighted by molar-refractivity contribution is 9.10. The van der Waals surface area contributed by atoms with Gasteiger partial charge in [0, 0.05) is 29.3 Å². The van der Waals surface area contributed by atoms with Crippen molar-refractivity contribution in [2.45, 2.75) is 38.6 Å². The maximum Gasteiger partial charge on any atom is 0.0410 e. The van der Waals surface area contributed by atoms with Crippen LogP contribution in [0, 0.1) is 11.8 Å². The van der Waals surface area contributed by atoms with Crippen molar-refractivity contribution in [2.75, 3.05) is 18.0 Å². The number of fused-ring (bicyclic) bond motifs is 1. The van der Waals surface area contributed by atoms with Crippen molar-refractivity contribution in [3.63, 3.8) is 0 Å². The lowest BCUT2D eigenvalue weighted by Gasteiger charge is -2.24. The van der Waals surface area contributed by atoms with Crippen LogP contribution in [-0.4, -0.2) is 19.1 Å². The Kier molecular flexibility index (Phi) is 3.86. The Morgan fingerprint density at radius 2 is 2.00 bits per heavy atom. The van der Waals surface area contributed by atoms with Gasteiger partial charge in [-0.15, -0.1) is 0 Å². The van der Waals surface area contributed by atoms with Gasteiger partial charge in [0.15, 0.2) is 0 Å². The Bertz CT molecular complexity index is 446. The van der Waals surface area contributed by atoms with E-state index in [1.165, 1.54) is 48.1 Å². The molecule has 0 aromatic heterocycles. The summed E-state index contributed by atoms with van der Waals surface area (Å²) in [6.07, 6.45) is 5.26. The summed E-state index contributed by atoms with van der Waals surface area (Å²) in [6, 6.07) is 6.87. The molecule has 2 nitrogen and oxygen atoms in total. The molecule has 104 valence electrons. The van der Waals surface area contributed by atoms with Crippen molar-refractivity contribution in [1.82, 2.24) is 0 Å². The van der Waals surface area contributed by atoms with Crippen LogP contribution in [0.4, 0.5) is 5.69 Å². The van der Waals surface area contributed by atoms with Gasteiger partial charge in [-0.2, -0.15) is 0 Å². The van der Waals surface area contributed by atoms with E-state index in [0.29, 0.717) is 0 Å². The van der Waals surface area contributed by atoms with E-state index in [1.807, 2.05) is 0 Å². The van der Waals surface area contributed by atoms with Crippen LogP contribution in [0.2, 0.25) is 0 Å². The number of hydrogen-bond acceptors (Lipinski definition) is 2. The molecule has 3 rings (SSSR count). The molecule has 1 heterocycles. The minimum Gasteiger partial charge on any atom is -0.371 e. The number of halogens is 1. The van der Waals surface area contributed by atoms with E-state index in [2.05, 4.69) is 46.0 Å². The number of nitrogens with zero attached hydrogens (tertiary/aromatic N) is 1. The second-order valence-corrected chi connectivity index (χ2v) is 7.23. The fourth-order valence-electron chi connectivity index (χ4n) is 3.78. The first-order chi connectivity index (χ1) is 9.13. The molecule has 0 amide bonds. The molecule has 2 N–H and O–H groups in total. The summed E-state index contributed by atoms with van der Waals surface area (Å²) in [5, 5.41) is 0. The highest BCUT2D eigenvalue weighted by Crippen LogP contribution is 2.41. The van der Waals surface area contributed by atoms with Gasteiger partial charge in [0.2, 0.25) is 0 Å². The third kappa shape index (κ3) is 2.82. The first-order valence-corrected chi connectivity index (χ1v) is 8.21. The smallest absolute Gasteiger partial charge is 0.0410 e. The molecule has 3 atom stereocenters. The predicted molar refractivity (Wildman–Crippen MR) is 84.5 cm³/mol. The fraction of sp³-hybridized carbons (Fsp3) is 0.625. The van der Waals surface area contributed by atoms with Crippen LogP contribution in [0.15, 0.2) is 22.7 Å².